The smallest absolute Gasteiger partial charge is 0.305 e. The van der Waals surface area contributed by atoms with E-state index in [0.29, 0.717) is 27.9 Å². The Bertz CT molecular complexity index is 1620. The first kappa shape index (κ1) is 33.4. The number of halogens is 2. The molecular formula is C35H38F2N2O6. The third-order valence-corrected chi connectivity index (χ3v) is 7.57. The lowest BCUT2D eigenvalue weighted by Gasteiger charge is -2.20. The molecule has 3 aromatic carbocycles. The van der Waals surface area contributed by atoms with Gasteiger partial charge in [0.2, 0.25) is 0 Å². The molecule has 2 atom stereocenters. The van der Waals surface area contributed by atoms with E-state index in [9.17, 15) is 28.6 Å². The van der Waals surface area contributed by atoms with Gasteiger partial charge in [0.15, 0.2) is 11.6 Å². The lowest BCUT2D eigenvalue weighted by atomic mass is 9.92. The van der Waals surface area contributed by atoms with Gasteiger partial charge >= 0.3 is 5.97 Å². The summed E-state index contributed by atoms with van der Waals surface area (Å²) in [6.45, 7) is 3.96. The summed E-state index contributed by atoms with van der Waals surface area (Å²) < 4.78 is 35.1. The van der Waals surface area contributed by atoms with E-state index >= 15 is 0 Å². The Morgan fingerprint density at radius 2 is 1.58 bits per heavy atom. The van der Waals surface area contributed by atoms with Crippen LogP contribution in [0.5, 0.6) is 5.75 Å². The largest absolute Gasteiger partial charge is 0.494 e. The second-order valence-electron chi connectivity index (χ2n) is 11.2. The molecule has 8 nitrogen and oxygen atoms in total. The Hall–Kier alpha value is -4.54. The molecule has 0 bridgehead atoms. The maximum Gasteiger partial charge on any atom is 0.305 e. The van der Waals surface area contributed by atoms with E-state index in [2.05, 4.69) is 5.32 Å². The zero-order valence-corrected chi connectivity index (χ0v) is 25.5. The van der Waals surface area contributed by atoms with Gasteiger partial charge in [-0.05, 0) is 74.1 Å². The SMILES string of the molecule is COc1cc(CNC(=O)c2c(-c3ccccc3)c(-c3ccc(F)cc3)c(CC[C@@H](O)C[C@@H](O)CC(=O)O)n2C(C)C)ccc1F. The molecule has 0 spiro atoms. The molecule has 45 heavy (non-hydrogen) atoms. The average molecular weight is 621 g/mol. The van der Waals surface area contributed by atoms with Crippen LogP contribution in [0.2, 0.25) is 0 Å². The average Bonchev–Trinajstić information content (AvgIpc) is 3.35. The number of aromatic nitrogens is 1. The molecule has 0 saturated carbocycles. The highest BCUT2D eigenvalue weighted by Gasteiger charge is 2.30. The molecule has 238 valence electrons. The summed E-state index contributed by atoms with van der Waals surface area (Å²) in [6, 6.07) is 19.5. The number of carbonyl (C=O) groups is 2. The highest BCUT2D eigenvalue weighted by molar-refractivity contribution is 6.05. The van der Waals surface area contributed by atoms with Crippen LogP contribution in [0.25, 0.3) is 22.3 Å². The number of carboxylic acids is 1. The van der Waals surface area contributed by atoms with Gasteiger partial charge in [-0.25, -0.2) is 8.78 Å². The standard InChI is InChI=1S/C35H38F2N2O6/c1-21(2)39-29(16-14-26(40)18-27(41)19-31(42)43)32(24-10-12-25(36)13-11-24)33(23-7-5-4-6-8-23)34(39)35(44)38-20-22-9-15-28(37)30(17-22)45-3/h4-13,15,17,21,26-27,40-41H,14,16,18-20H2,1-3H3,(H,38,44)(H,42,43)/t26-,27-/m1/s1. The molecule has 0 radical (unpaired) electrons. The van der Waals surface area contributed by atoms with Crippen LogP contribution in [0.15, 0.2) is 72.8 Å². The number of nitrogens with zero attached hydrogens (tertiary/aromatic N) is 1. The first-order chi connectivity index (χ1) is 21.5. The Balaban J connectivity index is 1.84. The normalized spacial score (nSPS) is 12.6. The van der Waals surface area contributed by atoms with Crippen molar-refractivity contribution in [3.8, 4) is 28.0 Å². The van der Waals surface area contributed by atoms with Crippen LogP contribution in [-0.2, 0) is 17.8 Å². The highest BCUT2D eigenvalue weighted by Crippen LogP contribution is 2.42. The number of ether oxygens (including phenoxy) is 1. The lowest BCUT2D eigenvalue weighted by molar-refractivity contribution is -0.139. The quantitative estimate of drug-likeness (QED) is 0.134. The number of hydrogen-bond acceptors (Lipinski definition) is 5. The minimum atomic E-state index is -1.21. The van der Waals surface area contributed by atoms with Crippen LogP contribution in [-0.4, -0.2) is 51.1 Å². The van der Waals surface area contributed by atoms with Crippen molar-refractivity contribution in [2.75, 3.05) is 7.11 Å². The molecule has 0 fully saturated rings. The summed E-state index contributed by atoms with van der Waals surface area (Å²) >= 11 is 0. The summed E-state index contributed by atoms with van der Waals surface area (Å²) in [4.78, 5) is 25.2. The van der Waals surface area contributed by atoms with Crippen molar-refractivity contribution in [2.45, 2.75) is 64.3 Å². The van der Waals surface area contributed by atoms with Crippen LogP contribution < -0.4 is 10.1 Å². The van der Waals surface area contributed by atoms with E-state index in [4.69, 9.17) is 9.84 Å². The van der Waals surface area contributed by atoms with Crippen LogP contribution >= 0.6 is 0 Å². The predicted molar refractivity (Wildman–Crippen MR) is 167 cm³/mol. The number of benzene rings is 3. The number of amides is 1. The fraction of sp³-hybridized carbons (Fsp3) is 0.314. The molecule has 1 aromatic heterocycles. The summed E-state index contributed by atoms with van der Waals surface area (Å²) in [7, 11) is 1.37. The summed E-state index contributed by atoms with van der Waals surface area (Å²) in [5.74, 6) is -2.42. The number of aliphatic hydroxyl groups is 2. The van der Waals surface area contributed by atoms with Gasteiger partial charge in [0, 0.05) is 29.4 Å². The molecule has 4 aromatic rings. The topological polar surface area (TPSA) is 121 Å². The first-order valence-electron chi connectivity index (χ1n) is 14.8. The van der Waals surface area contributed by atoms with E-state index in [1.165, 1.54) is 31.4 Å². The van der Waals surface area contributed by atoms with Gasteiger partial charge in [-0.2, -0.15) is 0 Å². The summed E-state index contributed by atoms with van der Waals surface area (Å²) in [5.41, 5.74) is 4.46. The van der Waals surface area contributed by atoms with Crippen LogP contribution in [0.3, 0.4) is 0 Å². The Kier molecular flexibility index (Phi) is 11.1. The number of hydrogen-bond donors (Lipinski definition) is 4. The number of aliphatic hydroxyl groups excluding tert-OH is 2. The monoisotopic (exact) mass is 620 g/mol. The minimum Gasteiger partial charge on any atom is -0.494 e. The van der Waals surface area contributed by atoms with Gasteiger partial charge in [-0.3, -0.25) is 9.59 Å². The molecule has 0 saturated heterocycles. The van der Waals surface area contributed by atoms with Gasteiger partial charge in [0.1, 0.15) is 11.5 Å². The predicted octanol–water partition coefficient (Wildman–Crippen LogP) is 6.14. The fourth-order valence-electron chi connectivity index (χ4n) is 5.59. The molecule has 0 unspecified atom stereocenters. The third kappa shape index (κ3) is 8.14. The maximum absolute atomic E-state index is 14.2. The van der Waals surface area contributed by atoms with Crippen LogP contribution in [0.1, 0.15) is 60.9 Å². The van der Waals surface area contributed by atoms with Crippen molar-refractivity contribution in [1.29, 1.82) is 0 Å². The number of rotatable bonds is 14. The van der Waals surface area contributed by atoms with Crippen LogP contribution in [0, 0.1) is 11.6 Å². The van der Waals surface area contributed by atoms with E-state index in [-0.39, 0.29) is 37.6 Å². The van der Waals surface area contributed by atoms with Crippen molar-refractivity contribution in [3.63, 3.8) is 0 Å². The van der Waals surface area contributed by atoms with Crippen molar-refractivity contribution in [3.05, 3.63) is 101 Å². The van der Waals surface area contributed by atoms with Gasteiger partial charge in [0.05, 0.1) is 25.7 Å². The van der Waals surface area contributed by atoms with Crippen LogP contribution in [0.4, 0.5) is 8.78 Å². The summed E-state index contributed by atoms with van der Waals surface area (Å²) in [6.07, 6.45) is -2.39. The Morgan fingerprint density at radius 3 is 2.20 bits per heavy atom. The van der Waals surface area contributed by atoms with Gasteiger partial charge < -0.3 is 29.9 Å². The van der Waals surface area contributed by atoms with Crippen molar-refractivity contribution in [2.24, 2.45) is 0 Å². The second kappa shape index (κ2) is 15.0. The molecule has 0 aliphatic carbocycles. The molecule has 10 heteroatoms. The van der Waals surface area contributed by atoms with Crippen molar-refractivity contribution >= 4 is 11.9 Å². The Morgan fingerprint density at radius 1 is 0.911 bits per heavy atom. The number of methoxy groups -OCH3 is 1. The van der Waals surface area contributed by atoms with Gasteiger partial charge in [0.25, 0.3) is 5.91 Å². The van der Waals surface area contributed by atoms with E-state index in [1.54, 1.807) is 18.2 Å². The van der Waals surface area contributed by atoms with Gasteiger partial charge in [-0.1, -0.05) is 48.5 Å². The molecule has 0 aliphatic heterocycles. The summed E-state index contributed by atoms with van der Waals surface area (Å²) in [5, 5.41) is 32.8. The highest BCUT2D eigenvalue weighted by atomic mass is 19.1. The molecule has 1 amide bonds. The van der Waals surface area contributed by atoms with E-state index in [0.717, 1.165) is 11.3 Å². The second-order valence-corrected chi connectivity index (χ2v) is 11.2. The van der Waals surface area contributed by atoms with E-state index < -0.39 is 42.1 Å². The number of carboxylic acid groups (broad SMARTS) is 1. The third-order valence-electron chi connectivity index (χ3n) is 7.57. The number of carbonyl (C=O) groups excluding carboxylic acids is 1. The first-order valence-corrected chi connectivity index (χ1v) is 14.8. The Labute approximate surface area is 260 Å². The number of aliphatic carboxylic acids is 1. The van der Waals surface area contributed by atoms with Gasteiger partial charge in [-0.15, -0.1) is 0 Å². The zero-order chi connectivity index (χ0) is 32.7. The molecule has 4 rings (SSSR count). The van der Waals surface area contributed by atoms with E-state index in [1.807, 2.05) is 48.7 Å². The molecule has 0 aliphatic rings. The minimum absolute atomic E-state index is 0.0604. The van der Waals surface area contributed by atoms with Crippen molar-refractivity contribution in [1.82, 2.24) is 9.88 Å². The lowest BCUT2D eigenvalue weighted by Crippen LogP contribution is -2.27. The molecule has 4 N–H and O–H groups in total. The van der Waals surface area contributed by atoms with Crippen molar-refractivity contribution < 1.29 is 38.4 Å². The zero-order valence-electron chi connectivity index (χ0n) is 25.5. The molecule has 1 heterocycles. The number of nitrogens with one attached hydrogen (secondary N) is 1. The molecular weight excluding hydrogens is 582 g/mol. The maximum atomic E-state index is 14.2. The fourth-order valence-corrected chi connectivity index (χ4v) is 5.59.